The minimum absolute atomic E-state index is 0.0416. The molecular weight excluding hydrogens is 265 g/mol. The molecule has 0 radical (unpaired) electrons. The molecule has 0 aliphatic carbocycles. The van der Waals surface area contributed by atoms with Crippen molar-refractivity contribution >= 4 is 11.6 Å². The highest BCUT2D eigenvalue weighted by atomic mass is 35.5. The molecule has 2 rings (SSSR count). The fourth-order valence-corrected chi connectivity index (χ4v) is 2.19. The predicted molar refractivity (Wildman–Crippen MR) is 74.6 cm³/mol. The van der Waals surface area contributed by atoms with Gasteiger partial charge < -0.3 is 10.8 Å². The van der Waals surface area contributed by atoms with E-state index in [1.165, 1.54) is 12.1 Å². The molecule has 2 nitrogen and oxygen atoms in total. The lowest BCUT2D eigenvalue weighted by atomic mass is 9.89. The van der Waals surface area contributed by atoms with Crippen LogP contribution in [0.4, 0.5) is 4.39 Å². The maximum Gasteiger partial charge on any atom is 0.142 e. The van der Waals surface area contributed by atoms with Gasteiger partial charge in [-0.15, -0.1) is 0 Å². The predicted octanol–water partition coefficient (Wildman–Crippen LogP) is 3.26. The maximum atomic E-state index is 13.4. The summed E-state index contributed by atoms with van der Waals surface area (Å²) in [7, 11) is 0. The molecule has 3 N–H and O–H groups in total. The SMILES string of the molecule is NCC(c1ccccc1)C(O)c1ccc(Cl)c(F)c1. The van der Waals surface area contributed by atoms with Gasteiger partial charge in [-0.1, -0.05) is 48.0 Å². The van der Waals surface area contributed by atoms with Crippen LogP contribution in [0.25, 0.3) is 0 Å². The van der Waals surface area contributed by atoms with Crippen LogP contribution in [-0.2, 0) is 0 Å². The smallest absolute Gasteiger partial charge is 0.142 e. The van der Waals surface area contributed by atoms with Crippen molar-refractivity contribution in [3.05, 3.63) is 70.5 Å². The molecule has 0 aliphatic rings. The van der Waals surface area contributed by atoms with Gasteiger partial charge in [-0.25, -0.2) is 4.39 Å². The first-order chi connectivity index (χ1) is 9.13. The van der Waals surface area contributed by atoms with Crippen molar-refractivity contribution in [2.45, 2.75) is 12.0 Å². The number of halogens is 2. The van der Waals surface area contributed by atoms with Crippen LogP contribution < -0.4 is 5.73 Å². The number of aliphatic hydroxyl groups excluding tert-OH is 1. The lowest BCUT2D eigenvalue weighted by Crippen LogP contribution is -2.20. The fourth-order valence-electron chi connectivity index (χ4n) is 2.08. The van der Waals surface area contributed by atoms with E-state index in [1.54, 1.807) is 6.07 Å². The highest BCUT2D eigenvalue weighted by molar-refractivity contribution is 6.30. The van der Waals surface area contributed by atoms with E-state index >= 15 is 0 Å². The van der Waals surface area contributed by atoms with E-state index in [4.69, 9.17) is 17.3 Å². The standard InChI is InChI=1S/C15H15ClFNO/c16-13-7-6-11(8-14(13)17)15(19)12(9-18)10-4-2-1-3-5-10/h1-8,12,15,19H,9,18H2. The molecule has 0 saturated carbocycles. The number of aliphatic hydroxyl groups is 1. The fraction of sp³-hybridized carbons (Fsp3) is 0.200. The average Bonchev–Trinajstić information content (AvgIpc) is 2.44. The highest BCUT2D eigenvalue weighted by Gasteiger charge is 2.22. The third-order valence-corrected chi connectivity index (χ3v) is 3.45. The lowest BCUT2D eigenvalue weighted by molar-refractivity contribution is 0.147. The first-order valence-corrected chi connectivity index (χ1v) is 6.39. The zero-order valence-corrected chi connectivity index (χ0v) is 11.0. The summed E-state index contributed by atoms with van der Waals surface area (Å²) in [6.45, 7) is 0.273. The molecule has 0 aliphatic heterocycles. The summed E-state index contributed by atoms with van der Waals surface area (Å²) in [5.74, 6) is -0.816. The molecule has 0 amide bonds. The van der Waals surface area contributed by atoms with E-state index in [-0.39, 0.29) is 17.5 Å². The minimum Gasteiger partial charge on any atom is -0.388 e. The Labute approximate surface area is 116 Å². The summed E-state index contributed by atoms with van der Waals surface area (Å²) in [6, 6.07) is 13.8. The van der Waals surface area contributed by atoms with Gasteiger partial charge in [0.25, 0.3) is 0 Å². The van der Waals surface area contributed by atoms with E-state index in [0.29, 0.717) is 5.56 Å². The molecule has 0 saturated heterocycles. The van der Waals surface area contributed by atoms with Crippen molar-refractivity contribution in [2.75, 3.05) is 6.54 Å². The largest absolute Gasteiger partial charge is 0.388 e. The van der Waals surface area contributed by atoms with Crippen molar-refractivity contribution in [1.29, 1.82) is 0 Å². The van der Waals surface area contributed by atoms with E-state index in [0.717, 1.165) is 5.56 Å². The van der Waals surface area contributed by atoms with Gasteiger partial charge in [0.15, 0.2) is 0 Å². The molecule has 100 valence electrons. The van der Waals surface area contributed by atoms with Crippen molar-refractivity contribution in [3.8, 4) is 0 Å². The van der Waals surface area contributed by atoms with E-state index in [9.17, 15) is 9.50 Å². The lowest BCUT2D eigenvalue weighted by Gasteiger charge is -2.22. The van der Waals surface area contributed by atoms with Crippen LogP contribution in [-0.4, -0.2) is 11.7 Å². The highest BCUT2D eigenvalue weighted by Crippen LogP contribution is 2.31. The van der Waals surface area contributed by atoms with E-state index in [1.807, 2.05) is 30.3 Å². The molecule has 0 fully saturated rings. The molecule has 0 aromatic heterocycles. The van der Waals surface area contributed by atoms with Gasteiger partial charge in [0, 0.05) is 12.5 Å². The second-order valence-electron chi connectivity index (χ2n) is 4.37. The Morgan fingerprint density at radius 3 is 2.37 bits per heavy atom. The summed E-state index contributed by atoms with van der Waals surface area (Å²) >= 11 is 5.63. The molecule has 0 bridgehead atoms. The maximum absolute atomic E-state index is 13.4. The Kier molecular flexibility index (Phi) is 4.53. The van der Waals surface area contributed by atoms with Gasteiger partial charge in [-0.05, 0) is 23.3 Å². The van der Waals surface area contributed by atoms with Crippen molar-refractivity contribution < 1.29 is 9.50 Å². The van der Waals surface area contributed by atoms with Crippen LogP contribution in [0.1, 0.15) is 23.1 Å². The summed E-state index contributed by atoms with van der Waals surface area (Å²) < 4.78 is 13.4. The molecule has 2 unspecified atom stereocenters. The Hall–Kier alpha value is -1.42. The third-order valence-electron chi connectivity index (χ3n) is 3.15. The molecule has 2 atom stereocenters. The second kappa shape index (κ2) is 6.15. The van der Waals surface area contributed by atoms with Crippen molar-refractivity contribution in [2.24, 2.45) is 5.73 Å². The molecule has 4 heteroatoms. The quantitative estimate of drug-likeness (QED) is 0.902. The Morgan fingerprint density at radius 1 is 1.11 bits per heavy atom. The van der Waals surface area contributed by atoms with Gasteiger partial charge in [0.1, 0.15) is 5.82 Å². The molecule has 0 spiro atoms. The zero-order chi connectivity index (χ0) is 13.8. The number of benzene rings is 2. The van der Waals surface area contributed by atoms with Gasteiger partial charge in [0.2, 0.25) is 0 Å². The summed E-state index contributed by atoms with van der Waals surface area (Å²) in [5, 5.41) is 10.4. The van der Waals surface area contributed by atoms with Crippen molar-refractivity contribution in [3.63, 3.8) is 0 Å². The van der Waals surface area contributed by atoms with E-state index in [2.05, 4.69) is 0 Å². The number of nitrogens with two attached hydrogens (primary N) is 1. The normalized spacial score (nSPS) is 14.1. The number of hydrogen-bond acceptors (Lipinski definition) is 2. The molecule has 2 aromatic carbocycles. The zero-order valence-electron chi connectivity index (χ0n) is 10.3. The van der Waals surface area contributed by atoms with E-state index < -0.39 is 11.9 Å². The van der Waals surface area contributed by atoms with Crippen LogP contribution in [0.3, 0.4) is 0 Å². The van der Waals surface area contributed by atoms with Gasteiger partial charge in [-0.2, -0.15) is 0 Å². The van der Waals surface area contributed by atoms with Crippen molar-refractivity contribution in [1.82, 2.24) is 0 Å². The molecule has 19 heavy (non-hydrogen) atoms. The van der Waals surface area contributed by atoms with Crippen LogP contribution in [0.5, 0.6) is 0 Å². The second-order valence-corrected chi connectivity index (χ2v) is 4.78. The molecule has 0 heterocycles. The Bertz CT molecular complexity index is 547. The number of hydrogen-bond donors (Lipinski definition) is 2. The average molecular weight is 280 g/mol. The molecular formula is C15H15ClFNO. The number of rotatable bonds is 4. The summed E-state index contributed by atoms with van der Waals surface area (Å²) in [5.41, 5.74) is 7.13. The van der Waals surface area contributed by atoms with Crippen LogP contribution in [0.15, 0.2) is 48.5 Å². The van der Waals surface area contributed by atoms with Gasteiger partial charge in [0.05, 0.1) is 11.1 Å². The summed E-state index contributed by atoms with van der Waals surface area (Å²) in [4.78, 5) is 0. The van der Waals surface area contributed by atoms with Crippen LogP contribution in [0, 0.1) is 5.82 Å². The van der Waals surface area contributed by atoms with Gasteiger partial charge in [-0.3, -0.25) is 0 Å². The monoisotopic (exact) mass is 279 g/mol. The Balaban J connectivity index is 2.30. The first-order valence-electron chi connectivity index (χ1n) is 6.01. The van der Waals surface area contributed by atoms with Crippen LogP contribution in [0.2, 0.25) is 5.02 Å². The first kappa shape index (κ1) is 14.0. The van der Waals surface area contributed by atoms with Crippen LogP contribution >= 0.6 is 11.6 Å². The topological polar surface area (TPSA) is 46.2 Å². The third kappa shape index (κ3) is 3.13. The molecule has 2 aromatic rings. The summed E-state index contributed by atoms with van der Waals surface area (Å²) in [6.07, 6.45) is -0.862. The minimum atomic E-state index is -0.862. The van der Waals surface area contributed by atoms with Gasteiger partial charge >= 0.3 is 0 Å². The Morgan fingerprint density at radius 2 is 1.79 bits per heavy atom.